The monoisotopic (exact) mass is 337 g/mol. The molecule has 0 amide bonds. The number of methoxy groups -OCH3 is 1. The maximum atomic E-state index is 13.4. The van der Waals surface area contributed by atoms with Crippen molar-refractivity contribution in [2.45, 2.75) is 18.9 Å². The Labute approximate surface area is 126 Å². The number of ether oxygens (including phenoxy) is 1. The van der Waals surface area contributed by atoms with Gasteiger partial charge in [0, 0.05) is 10.0 Å². The molecule has 0 aliphatic carbocycles. The minimum Gasteiger partial charge on any atom is -0.497 e. The number of rotatable bonds is 4. The fourth-order valence-electron chi connectivity index (χ4n) is 2.21. The third kappa shape index (κ3) is 3.58. The van der Waals surface area contributed by atoms with Gasteiger partial charge in [0.2, 0.25) is 0 Å². The van der Waals surface area contributed by atoms with Crippen molar-refractivity contribution in [3.63, 3.8) is 0 Å². The molecule has 0 bridgehead atoms. The predicted molar refractivity (Wildman–Crippen MR) is 82.3 cm³/mol. The SMILES string of the molecule is COc1ccc(C(C)(N)Cc2cc(F)cc(Br)c2)cc1. The molecule has 106 valence electrons. The Morgan fingerprint density at radius 3 is 2.40 bits per heavy atom. The van der Waals surface area contributed by atoms with E-state index in [4.69, 9.17) is 10.5 Å². The highest BCUT2D eigenvalue weighted by Crippen LogP contribution is 2.26. The lowest BCUT2D eigenvalue weighted by atomic mass is 9.86. The van der Waals surface area contributed by atoms with Crippen molar-refractivity contribution in [1.29, 1.82) is 0 Å². The molecule has 0 heterocycles. The molecular weight excluding hydrogens is 321 g/mol. The maximum absolute atomic E-state index is 13.4. The van der Waals surface area contributed by atoms with Gasteiger partial charge in [0.15, 0.2) is 0 Å². The van der Waals surface area contributed by atoms with Crippen LogP contribution in [-0.4, -0.2) is 7.11 Å². The van der Waals surface area contributed by atoms with Gasteiger partial charge in [-0.05, 0) is 54.8 Å². The van der Waals surface area contributed by atoms with E-state index in [9.17, 15) is 4.39 Å². The summed E-state index contributed by atoms with van der Waals surface area (Å²) in [4.78, 5) is 0. The van der Waals surface area contributed by atoms with E-state index in [2.05, 4.69) is 15.9 Å². The minimum absolute atomic E-state index is 0.264. The maximum Gasteiger partial charge on any atom is 0.124 e. The first-order valence-corrected chi connectivity index (χ1v) is 7.08. The lowest BCUT2D eigenvalue weighted by Gasteiger charge is -2.25. The number of benzene rings is 2. The first-order valence-electron chi connectivity index (χ1n) is 6.29. The van der Waals surface area contributed by atoms with Gasteiger partial charge in [0.05, 0.1) is 7.11 Å². The van der Waals surface area contributed by atoms with Crippen molar-refractivity contribution in [3.05, 3.63) is 63.9 Å². The molecule has 2 aromatic carbocycles. The van der Waals surface area contributed by atoms with E-state index in [1.165, 1.54) is 12.1 Å². The summed E-state index contributed by atoms with van der Waals surface area (Å²) in [5, 5.41) is 0. The molecule has 2 aromatic rings. The summed E-state index contributed by atoms with van der Waals surface area (Å²) in [5.41, 5.74) is 7.66. The molecular formula is C16H17BrFNO. The quantitative estimate of drug-likeness (QED) is 0.914. The average molecular weight is 338 g/mol. The van der Waals surface area contributed by atoms with Gasteiger partial charge >= 0.3 is 0 Å². The van der Waals surface area contributed by atoms with E-state index in [0.717, 1.165) is 21.3 Å². The van der Waals surface area contributed by atoms with Crippen molar-refractivity contribution >= 4 is 15.9 Å². The van der Waals surface area contributed by atoms with Crippen LogP contribution in [0.5, 0.6) is 5.75 Å². The van der Waals surface area contributed by atoms with Crippen LogP contribution < -0.4 is 10.5 Å². The fraction of sp³-hybridized carbons (Fsp3) is 0.250. The predicted octanol–water partition coefficient (Wildman–Crippen LogP) is 4.01. The second kappa shape index (κ2) is 5.94. The van der Waals surface area contributed by atoms with E-state index in [0.29, 0.717) is 6.42 Å². The molecule has 2 nitrogen and oxygen atoms in total. The molecule has 1 atom stereocenters. The Morgan fingerprint density at radius 1 is 1.20 bits per heavy atom. The standard InChI is InChI=1S/C16H17BrFNO/c1-16(19,12-3-5-15(20-2)6-4-12)10-11-7-13(17)9-14(18)8-11/h3-9H,10,19H2,1-2H3. The van der Waals surface area contributed by atoms with E-state index in [-0.39, 0.29) is 5.82 Å². The van der Waals surface area contributed by atoms with E-state index in [1.807, 2.05) is 37.3 Å². The van der Waals surface area contributed by atoms with Crippen molar-refractivity contribution < 1.29 is 9.13 Å². The van der Waals surface area contributed by atoms with E-state index < -0.39 is 5.54 Å². The summed E-state index contributed by atoms with van der Waals surface area (Å²) >= 11 is 3.30. The van der Waals surface area contributed by atoms with Crippen molar-refractivity contribution in [2.75, 3.05) is 7.11 Å². The molecule has 0 aliphatic rings. The summed E-state index contributed by atoms with van der Waals surface area (Å²) in [6.07, 6.45) is 0.551. The molecule has 2 rings (SSSR count). The smallest absolute Gasteiger partial charge is 0.124 e. The number of hydrogen-bond acceptors (Lipinski definition) is 2. The first kappa shape index (κ1) is 15.0. The van der Waals surface area contributed by atoms with Crippen LogP contribution >= 0.6 is 15.9 Å². The van der Waals surface area contributed by atoms with Crippen LogP contribution in [0.15, 0.2) is 46.9 Å². The second-order valence-electron chi connectivity index (χ2n) is 5.10. The van der Waals surface area contributed by atoms with Crippen molar-refractivity contribution in [2.24, 2.45) is 5.73 Å². The summed E-state index contributed by atoms with van der Waals surface area (Å²) in [6.45, 7) is 1.94. The van der Waals surface area contributed by atoms with Gasteiger partial charge in [-0.1, -0.05) is 28.1 Å². The van der Waals surface area contributed by atoms with Crippen LogP contribution in [-0.2, 0) is 12.0 Å². The topological polar surface area (TPSA) is 35.2 Å². The average Bonchev–Trinajstić information content (AvgIpc) is 2.37. The molecule has 0 aromatic heterocycles. The lowest BCUT2D eigenvalue weighted by Crippen LogP contribution is -2.35. The Morgan fingerprint density at radius 2 is 1.85 bits per heavy atom. The molecule has 0 saturated heterocycles. The van der Waals surface area contributed by atoms with Gasteiger partial charge < -0.3 is 10.5 Å². The summed E-state index contributed by atoms with van der Waals surface area (Å²) in [7, 11) is 1.63. The van der Waals surface area contributed by atoms with Crippen LogP contribution in [0.25, 0.3) is 0 Å². The van der Waals surface area contributed by atoms with Gasteiger partial charge in [-0.3, -0.25) is 0 Å². The number of nitrogens with two attached hydrogens (primary N) is 1. The third-order valence-electron chi connectivity index (χ3n) is 3.24. The van der Waals surface area contributed by atoms with Gasteiger partial charge in [0.1, 0.15) is 11.6 Å². The molecule has 1 unspecified atom stereocenters. The van der Waals surface area contributed by atoms with Crippen LogP contribution in [0.2, 0.25) is 0 Å². The Balaban J connectivity index is 2.24. The molecule has 0 fully saturated rings. The zero-order chi connectivity index (χ0) is 14.8. The van der Waals surface area contributed by atoms with Crippen molar-refractivity contribution in [3.8, 4) is 5.75 Å². The molecule has 4 heteroatoms. The first-order chi connectivity index (χ1) is 9.40. The Bertz CT molecular complexity index is 576. The van der Waals surface area contributed by atoms with Gasteiger partial charge in [-0.25, -0.2) is 4.39 Å². The summed E-state index contributed by atoms with van der Waals surface area (Å²) in [6, 6.07) is 12.5. The molecule has 0 radical (unpaired) electrons. The molecule has 20 heavy (non-hydrogen) atoms. The molecule has 0 aliphatic heterocycles. The minimum atomic E-state index is -0.570. The fourth-order valence-corrected chi connectivity index (χ4v) is 2.72. The highest BCUT2D eigenvalue weighted by Gasteiger charge is 2.22. The van der Waals surface area contributed by atoms with Crippen LogP contribution in [0.4, 0.5) is 4.39 Å². The Hall–Kier alpha value is -1.39. The zero-order valence-electron chi connectivity index (χ0n) is 11.5. The normalized spacial score (nSPS) is 13.8. The highest BCUT2D eigenvalue weighted by molar-refractivity contribution is 9.10. The van der Waals surface area contributed by atoms with Gasteiger partial charge in [-0.2, -0.15) is 0 Å². The summed E-state index contributed by atoms with van der Waals surface area (Å²) < 4.78 is 19.3. The molecule has 2 N–H and O–H groups in total. The Kier molecular flexibility index (Phi) is 4.45. The number of hydrogen-bond donors (Lipinski definition) is 1. The summed E-state index contributed by atoms with van der Waals surface area (Å²) in [5.74, 6) is 0.526. The van der Waals surface area contributed by atoms with Crippen LogP contribution in [0.1, 0.15) is 18.1 Å². The van der Waals surface area contributed by atoms with Crippen LogP contribution in [0.3, 0.4) is 0 Å². The van der Waals surface area contributed by atoms with Gasteiger partial charge in [0.25, 0.3) is 0 Å². The van der Waals surface area contributed by atoms with Crippen LogP contribution in [0, 0.1) is 5.82 Å². The molecule has 0 saturated carbocycles. The zero-order valence-corrected chi connectivity index (χ0v) is 13.1. The molecule has 0 spiro atoms. The van der Waals surface area contributed by atoms with Gasteiger partial charge in [-0.15, -0.1) is 0 Å². The van der Waals surface area contributed by atoms with E-state index in [1.54, 1.807) is 7.11 Å². The largest absolute Gasteiger partial charge is 0.497 e. The number of halogens is 2. The third-order valence-corrected chi connectivity index (χ3v) is 3.70. The highest BCUT2D eigenvalue weighted by atomic mass is 79.9. The lowest BCUT2D eigenvalue weighted by molar-refractivity contribution is 0.413. The van der Waals surface area contributed by atoms with E-state index >= 15 is 0 Å². The van der Waals surface area contributed by atoms with Crippen molar-refractivity contribution in [1.82, 2.24) is 0 Å². The second-order valence-corrected chi connectivity index (χ2v) is 6.02.